The van der Waals surface area contributed by atoms with E-state index in [4.69, 9.17) is 5.73 Å². The number of hydrogen-bond acceptors (Lipinski definition) is 3. The highest BCUT2D eigenvalue weighted by Crippen LogP contribution is 2.22. The summed E-state index contributed by atoms with van der Waals surface area (Å²) < 4.78 is 0. The zero-order valence-corrected chi connectivity index (χ0v) is 11.2. The molecule has 0 saturated heterocycles. The van der Waals surface area contributed by atoms with Gasteiger partial charge in [-0.25, -0.2) is 0 Å². The molecule has 0 saturated carbocycles. The van der Waals surface area contributed by atoms with Crippen LogP contribution in [-0.4, -0.2) is 42.1 Å². The third kappa shape index (κ3) is 3.79. The molecule has 0 aliphatic rings. The fourth-order valence-electron chi connectivity index (χ4n) is 1.85. The van der Waals surface area contributed by atoms with Crippen LogP contribution < -0.4 is 5.73 Å². The Morgan fingerprint density at radius 2 is 2.07 bits per heavy atom. The van der Waals surface area contributed by atoms with Crippen molar-refractivity contribution < 1.29 is 0 Å². The maximum atomic E-state index is 5.88. The Morgan fingerprint density at radius 3 is 2.43 bits per heavy atom. The summed E-state index contributed by atoms with van der Waals surface area (Å²) in [6.07, 6.45) is 4.53. The molecular weight excluding hydrogens is 192 g/mol. The molecule has 0 radical (unpaired) electrons. The van der Waals surface area contributed by atoms with Crippen LogP contribution in [0.1, 0.15) is 33.6 Å². The summed E-state index contributed by atoms with van der Waals surface area (Å²) in [6, 6.07) is 0.602. The van der Waals surface area contributed by atoms with E-state index in [0.717, 1.165) is 6.54 Å². The van der Waals surface area contributed by atoms with Gasteiger partial charge in [0.25, 0.3) is 0 Å². The predicted molar refractivity (Wildman–Crippen MR) is 68.0 cm³/mol. The molecule has 0 aliphatic heterocycles. The van der Waals surface area contributed by atoms with Crippen LogP contribution in [0.5, 0.6) is 0 Å². The van der Waals surface area contributed by atoms with Gasteiger partial charge in [0.05, 0.1) is 0 Å². The van der Waals surface area contributed by atoms with Gasteiger partial charge in [-0.15, -0.1) is 0 Å². The van der Waals surface area contributed by atoms with Crippen molar-refractivity contribution in [2.75, 3.05) is 25.6 Å². The van der Waals surface area contributed by atoms with Gasteiger partial charge in [-0.05, 0) is 33.6 Å². The topological polar surface area (TPSA) is 29.3 Å². The fraction of sp³-hybridized carbons (Fsp3) is 1.00. The number of thioether (sulfide) groups is 1. The molecule has 2 N–H and O–H groups in total. The molecule has 0 aromatic heterocycles. The highest BCUT2D eigenvalue weighted by atomic mass is 32.2. The molecule has 14 heavy (non-hydrogen) atoms. The minimum absolute atomic E-state index is 0.171. The van der Waals surface area contributed by atoms with E-state index in [9.17, 15) is 0 Å². The summed E-state index contributed by atoms with van der Waals surface area (Å²) >= 11 is 1.90. The molecule has 0 amide bonds. The van der Waals surface area contributed by atoms with E-state index in [-0.39, 0.29) is 5.54 Å². The second-order valence-electron chi connectivity index (χ2n) is 4.37. The molecule has 3 heteroatoms. The van der Waals surface area contributed by atoms with Crippen LogP contribution in [0.4, 0.5) is 0 Å². The quantitative estimate of drug-likeness (QED) is 0.710. The summed E-state index contributed by atoms with van der Waals surface area (Å²) in [5, 5.41) is 0. The Labute approximate surface area is 93.6 Å². The lowest BCUT2D eigenvalue weighted by atomic mass is 9.93. The molecule has 0 heterocycles. The molecule has 0 bridgehead atoms. The van der Waals surface area contributed by atoms with Crippen LogP contribution in [0.15, 0.2) is 0 Å². The number of nitrogens with two attached hydrogens (primary N) is 1. The van der Waals surface area contributed by atoms with Crippen LogP contribution in [-0.2, 0) is 0 Å². The molecular formula is C11H26N2S. The lowest BCUT2D eigenvalue weighted by Gasteiger charge is -2.41. The van der Waals surface area contributed by atoms with Gasteiger partial charge in [-0.3, -0.25) is 4.90 Å². The molecule has 0 spiro atoms. The minimum atomic E-state index is 0.171. The molecule has 2 atom stereocenters. The van der Waals surface area contributed by atoms with Gasteiger partial charge in [0.15, 0.2) is 0 Å². The maximum absolute atomic E-state index is 5.88. The molecule has 0 aromatic carbocycles. The van der Waals surface area contributed by atoms with Crippen molar-refractivity contribution in [2.45, 2.75) is 45.2 Å². The summed E-state index contributed by atoms with van der Waals surface area (Å²) in [5.74, 6) is 1.18. The molecule has 0 fully saturated rings. The van der Waals surface area contributed by atoms with E-state index in [0.29, 0.717) is 6.04 Å². The molecule has 0 rings (SSSR count). The van der Waals surface area contributed by atoms with Gasteiger partial charge in [0, 0.05) is 23.9 Å². The van der Waals surface area contributed by atoms with Crippen LogP contribution in [0.2, 0.25) is 0 Å². The average Bonchev–Trinajstić information content (AvgIpc) is 2.17. The molecule has 0 aliphatic carbocycles. The monoisotopic (exact) mass is 218 g/mol. The van der Waals surface area contributed by atoms with E-state index in [1.165, 1.54) is 18.6 Å². The first kappa shape index (κ1) is 14.3. The van der Waals surface area contributed by atoms with Gasteiger partial charge < -0.3 is 5.73 Å². The lowest BCUT2D eigenvalue weighted by Crippen LogP contribution is -2.53. The Kier molecular flexibility index (Phi) is 6.83. The van der Waals surface area contributed by atoms with Crippen LogP contribution in [0.25, 0.3) is 0 Å². The number of likely N-dealkylation sites (N-methyl/N-ethyl adjacent to an activating group) is 1. The zero-order chi connectivity index (χ0) is 11.2. The average molecular weight is 218 g/mol. The highest BCUT2D eigenvalue weighted by molar-refractivity contribution is 7.98. The van der Waals surface area contributed by atoms with E-state index in [1.807, 2.05) is 11.8 Å². The van der Waals surface area contributed by atoms with E-state index in [2.05, 4.69) is 39.0 Å². The van der Waals surface area contributed by atoms with Crippen molar-refractivity contribution in [3.8, 4) is 0 Å². The van der Waals surface area contributed by atoms with Crippen molar-refractivity contribution in [3.05, 3.63) is 0 Å². The van der Waals surface area contributed by atoms with Crippen molar-refractivity contribution in [1.82, 2.24) is 4.90 Å². The van der Waals surface area contributed by atoms with Gasteiger partial charge in [0.2, 0.25) is 0 Å². The number of hydrogen-bond donors (Lipinski definition) is 1. The minimum Gasteiger partial charge on any atom is -0.329 e. The van der Waals surface area contributed by atoms with Gasteiger partial charge in [-0.1, -0.05) is 13.3 Å². The third-order valence-corrected chi connectivity index (χ3v) is 3.96. The first-order chi connectivity index (χ1) is 6.51. The van der Waals surface area contributed by atoms with E-state index in [1.54, 1.807) is 0 Å². The molecule has 2 unspecified atom stereocenters. The second-order valence-corrected chi connectivity index (χ2v) is 5.28. The van der Waals surface area contributed by atoms with Crippen molar-refractivity contribution in [1.29, 1.82) is 0 Å². The summed E-state index contributed by atoms with van der Waals surface area (Å²) in [7, 11) is 2.20. The van der Waals surface area contributed by atoms with Crippen molar-refractivity contribution >= 4 is 11.8 Å². The standard InChI is InChI=1S/C11H26N2S/c1-6-7-11(3,9-12)13(4)10(2)8-14-5/h10H,6-9,12H2,1-5H3. The largest absolute Gasteiger partial charge is 0.329 e. The van der Waals surface area contributed by atoms with Crippen LogP contribution in [0.3, 0.4) is 0 Å². The molecule has 86 valence electrons. The Hall–Kier alpha value is 0.270. The number of nitrogens with zero attached hydrogens (tertiary/aromatic N) is 1. The number of rotatable bonds is 7. The highest BCUT2D eigenvalue weighted by Gasteiger charge is 2.29. The first-order valence-electron chi connectivity index (χ1n) is 5.43. The summed E-state index contributed by atoms with van der Waals surface area (Å²) in [5.41, 5.74) is 6.05. The zero-order valence-electron chi connectivity index (χ0n) is 10.3. The Balaban J connectivity index is 4.34. The van der Waals surface area contributed by atoms with Gasteiger partial charge in [-0.2, -0.15) is 11.8 Å². The predicted octanol–water partition coefficient (Wildman–Crippen LogP) is 2.19. The first-order valence-corrected chi connectivity index (χ1v) is 6.83. The third-order valence-electron chi connectivity index (χ3n) is 3.15. The molecule has 0 aromatic rings. The smallest absolute Gasteiger partial charge is 0.0303 e. The van der Waals surface area contributed by atoms with Crippen LogP contribution >= 0.6 is 11.8 Å². The lowest BCUT2D eigenvalue weighted by molar-refractivity contribution is 0.101. The van der Waals surface area contributed by atoms with Gasteiger partial charge in [0.1, 0.15) is 0 Å². The van der Waals surface area contributed by atoms with E-state index < -0.39 is 0 Å². The Bertz CT molecular complexity index is 152. The second kappa shape index (κ2) is 6.70. The fourth-order valence-corrected chi connectivity index (χ4v) is 2.55. The van der Waals surface area contributed by atoms with E-state index >= 15 is 0 Å². The van der Waals surface area contributed by atoms with Crippen molar-refractivity contribution in [3.63, 3.8) is 0 Å². The van der Waals surface area contributed by atoms with Crippen molar-refractivity contribution in [2.24, 2.45) is 5.73 Å². The maximum Gasteiger partial charge on any atom is 0.0303 e. The SMILES string of the molecule is CCCC(C)(CN)N(C)C(C)CSC. The summed E-state index contributed by atoms with van der Waals surface area (Å²) in [4.78, 5) is 2.44. The normalized spacial score (nSPS) is 18.2. The van der Waals surface area contributed by atoms with Crippen LogP contribution in [0, 0.1) is 0 Å². The Morgan fingerprint density at radius 1 is 1.50 bits per heavy atom. The van der Waals surface area contributed by atoms with Gasteiger partial charge >= 0.3 is 0 Å². The summed E-state index contributed by atoms with van der Waals surface area (Å²) in [6.45, 7) is 7.52. The molecule has 2 nitrogen and oxygen atoms in total.